The van der Waals surface area contributed by atoms with Gasteiger partial charge < -0.3 is 14.6 Å². The predicted molar refractivity (Wildman–Crippen MR) is 118 cm³/mol. The maximum absolute atomic E-state index is 13.6. The molecule has 10 heteroatoms. The topological polar surface area (TPSA) is 111 Å². The average Bonchev–Trinajstić information content (AvgIpc) is 3.03. The lowest BCUT2D eigenvalue weighted by atomic mass is 9.99. The monoisotopic (exact) mass is 462 g/mol. The summed E-state index contributed by atoms with van der Waals surface area (Å²) in [6.45, 7) is 5.83. The van der Waals surface area contributed by atoms with Gasteiger partial charge in [0, 0.05) is 37.7 Å². The Morgan fingerprint density at radius 2 is 2.00 bits per heavy atom. The van der Waals surface area contributed by atoms with E-state index < -0.39 is 21.9 Å². The molecule has 9 nitrogen and oxygen atoms in total. The first kappa shape index (κ1) is 23.9. The van der Waals surface area contributed by atoms with Crippen LogP contribution in [0.1, 0.15) is 47.2 Å². The zero-order valence-corrected chi connectivity index (χ0v) is 19.7. The van der Waals surface area contributed by atoms with Gasteiger partial charge in [0.15, 0.2) is 0 Å². The van der Waals surface area contributed by atoms with Gasteiger partial charge in [-0.3, -0.25) is 9.78 Å². The van der Waals surface area contributed by atoms with Gasteiger partial charge in [-0.1, -0.05) is 6.07 Å². The Labute approximate surface area is 188 Å². The molecule has 1 amide bonds. The molecule has 1 saturated heterocycles. The Hall–Kier alpha value is -2.72. The molecule has 0 spiro atoms. The number of aromatic nitrogens is 2. The summed E-state index contributed by atoms with van der Waals surface area (Å²) in [5, 5.41) is 2.85. The van der Waals surface area contributed by atoms with Crippen LogP contribution in [0.2, 0.25) is 0 Å². The second-order valence-corrected chi connectivity index (χ2v) is 9.77. The summed E-state index contributed by atoms with van der Waals surface area (Å²) in [7, 11) is -2.28. The molecule has 1 fully saturated rings. The van der Waals surface area contributed by atoms with E-state index in [2.05, 4.69) is 10.3 Å². The highest BCUT2D eigenvalue weighted by atomic mass is 32.2. The van der Waals surface area contributed by atoms with Gasteiger partial charge >= 0.3 is 5.97 Å². The lowest BCUT2D eigenvalue weighted by Gasteiger charge is -2.31. The fraction of sp³-hybridized carbons (Fsp3) is 0.500. The zero-order chi connectivity index (χ0) is 23.5. The number of nitrogens with zero attached hydrogens (tertiary/aromatic N) is 3. The summed E-state index contributed by atoms with van der Waals surface area (Å²) in [6.07, 6.45) is 2.81. The van der Waals surface area contributed by atoms with Crippen molar-refractivity contribution in [1.29, 1.82) is 0 Å². The zero-order valence-electron chi connectivity index (χ0n) is 18.9. The number of hydrogen-bond acceptors (Lipinski definition) is 6. The number of carbonyl (C=O) groups is 2. The summed E-state index contributed by atoms with van der Waals surface area (Å²) in [6, 6.07) is 5.46. The molecule has 1 aliphatic heterocycles. The first-order chi connectivity index (χ1) is 15.2. The molecule has 1 aliphatic rings. The average molecular weight is 463 g/mol. The summed E-state index contributed by atoms with van der Waals surface area (Å²) >= 11 is 0. The van der Waals surface area contributed by atoms with Crippen LogP contribution in [0.4, 0.5) is 0 Å². The van der Waals surface area contributed by atoms with Crippen molar-refractivity contribution in [2.75, 3.05) is 19.7 Å². The minimum absolute atomic E-state index is 0.0366. The number of sulfonamides is 1. The van der Waals surface area contributed by atoms with E-state index in [0.717, 1.165) is 5.69 Å². The fourth-order valence-electron chi connectivity index (χ4n) is 4.00. The molecule has 3 heterocycles. The maximum Gasteiger partial charge on any atom is 0.341 e. The van der Waals surface area contributed by atoms with Gasteiger partial charge in [-0.25, -0.2) is 13.2 Å². The lowest BCUT2D eigenvalue weighted by Crippen LogP contribution is -2.45. The van der Waals surface area contributed by atoms with Crippen molar-refractivity contribution in [3.05, 3.63) is 47.0 Å². The molecule has 1 N–H and O–H groups in total. The van der Waals surface area contributed by atoms with Gasteiger partial charge in [0.05, 0.1) is 24.8 Å². The SMILES string of the molecule is CCOC(=O)c1c(S(=O)(=O)N2CCC[C@H](C(=O)NCc3ccccn3)C2)c(C)n(C)c1C. The fourth-order valence-corrected chi connectivity index (χ4v) is 6.01. The maximum atomic E-state index is 13.6. The number of carbonyl (C=O) groups excluding carboxylic acids is 2. The number of piperidine rings is 1. The number of hydrogen-bond donors (Lipinski definition) is 1. The smallest absolute Gasteiger partial charge is 0.341 e. The predicted octanol–water partition coefficient (Wildman–Crippen LogP) is 1.93. The van der Waals surface area contributed by atoms with Gasteiger partial charge in [-0.05, 0) is 45.7 Å². The molecular formula is C22H30N4O5S. The minimum atomic E-state index is -4.00. The largest absolute Gasteiger partial charge is 0.462 e. The van der Waals surface area contributed by atoms with Gasteiger partial charge in [0.1, 0.15) is 10.5 Å². The standard InChI is InChI=1S/C22H30N4O5S/c1-5-31-22(28)19-15(2)25(4)16(3)20(19)32(29,30)26-12-8-9-17(14-26)21(27)24-13-18-10-6-7-11-23-18/h6-7,10-11,17H,5,8-9,12-14H2,1-4H3,(H,24,27)/t17-/m0/s1. The number of esters is 1. The van der Waals surface area contributed by atoms with Gasteiger partial charge in [-0.2, -0.15) is 4.31 Å². The first-order valence-corrected chi connectivity index (χ1v) is 12.1. The van der Waals surface area contributed by atoms with Crippen LogP contribution in [-0.4, -0.2) is 53.8 Å². The van der Waals surface area contributed by atoms with E-state index >= 15 is 0 Å². The molecule has 0 bridgehead atoms. The van der Waals surface area contributed by atoms with Crippen LogP contribution in [0.15, 0.2) is 29.3 Å². The summed E-state index contributed by atoms with van der Waals surface area (Å²) in [4.78, 5) is 29.5. The second-order valence-electron chi connectivity index (χ2n) is 7.90. The molecule has 0 aromatic carbocycles. The molecule has 1 atom stereocenters. The van der Waals surface area contributed by atoms with Crippen molar-refractivity contribution >= 4 is 21.9 Å². The molecule has 32 heavy (non-hydrogen) atoms. The highest BCUT2D eigenvalue weighted by Gasteiger charge is 2.38. The Bertz CT molecular complexity index is 1100. The third kappa shape index (κ3) is 4.71. The normalized spacial score (nSPS) is 17.2. The molecule has 0 unspecified atom stereocenters. The van der Waals surface area contributed by atoms with Crippen LogP contribution in [-0.2, 0) is 33.1 Å². The molecule has 2 aromatic rings. The molecular weight excluding hydrogens is 432 g/mol. The molecule has 2 aromatic heterocycles. The Balaban J connectivity index is 1.82. The number of nitrogens with one attached hydrogen (secondary N) is 1. The minimum Gasteiger partial charge on any atom is -0.462 e. The van der Waals surface area contributed by atoms with Gasteiger partial charge in [0.2, 0.25) is 15.9 Å². The number of amides is 1. The highest BCUT2D eigenvalue weighted by Crippen LogP contribution is 2.32. The Kier molecular flexibility index (Phi) is 7.35. The van der Waals surface area contributed by atoms with Crippen LogP contribution in [0.5, 0.6) is 0 Å². The van der Waals surface area contributed by atoms with E-state index in [9.17, 15) is 18.0 Å². The molecule has 0 radical (unpaired) electrons. The Morgan fingerprint density at radius 3 is 2.66 bits per heavy atom. The van der Waals surface area contributed by atoms with Crippen molar-refractivity contribution in [1.82, 2.24) is 19.2 Å². The molecule has 0 aliphatic carbocycles. The first-order valence-electron chi connectivity index (χ1n) is 10.7. The van der Waals surface area contributed by atoms with E-state index in [0.29, 0.717) is 30.8 Å². The Morgan fingerprint density at radius 1 is 1.25 bits per heavy atom. The number of rotatable bonds is 7. The van der Waals surface area contributed by atoms with Crippen molar-refractivity contribution in [3.8, 4) is 0 Å². The molecule has 0 saturated carbocycles. The summed E-state index contributed by atoms with van der Waals surface area (Å²) in [5.74, 6) is -1.34. The van der Waals surface area contributed by atoms with Crippen molar-refractivity contribution in [3.63, 3.8) is 0 Å². The van der Waals surface area contributed by atoms with Gasteiger partial charge in [-0.15, -0.1) is 0 Å². The molecule has 174 valence electrons. The van der Waals surface area contributed by atoms with E-state index in [1.165, 1.54) is 4.31 Å². The highest BCUT2D eigenvalue weighted by molar-refractivity contribution is 7.89. The summed E-state index contributed by atoms with van der Waals surface area (Å²) < 4.78 is 35.3. The van der Waals surface area contributed by atoms with E-state index in [-0.39, 0.29) is 36.1 Å². The van der Waals surface area contributed by atoms with E-state index in [1.807, 2.05) is 12.1 Å². The quantitative estimate of drug-likeness (QED) is 0.630. The second kappa shape index (κ2) is 9.83. The lowest BCUT2D eigenvalue weighted by molar-refractivity contribution is -0.126. The van der Waals surface area contributed by atoms with Crippen LogP contribution < -0.4 is 5.32 Å². The van der Waals surface area contributed by atoms with Crippen LogP contribution in [0.25, 0.3) is 0 Å². The molecule has 3 rings (SSSR count). The van der Waals surface area contributed by atoms with Crippen molar-refractivity contribution in [2.24, 2.45) is 13.0 Å². The van der Waals surface area contributed by atoms with Crippen LogP contribution >= 0.6 is 0 Å². The van der Waals surface area contributed by atoms with Crippen LogP contribution in [0, 0.1) is 19.8 Å². The third-order valence-electron chi connectivity index (χ3n) is 5.93. The van der Waals surface area contributed by atoms with Gasteiger partial charge in [0.25, 0.3) is 0 Å². The summed E-state index contributed by atoms with van der Waals surface area (Å²) in [5.41, 5.74) is 1.79. The van der Waals surface area contributed by atoms with E-state index in [1.54, 1.807) is 44.6 Å². The van der Waals surface area contributed by atoms with E-state index in [4.69, 9.17) is 4.74 Å². The van der Waals surface area contributed by atoms with Crippen molar-refractivity contribution < 1.29 is 22.7 Å². The third-order valence-corrected chi connectivity index (χ3v) is 7.95. The number of pyridine rings is 1. The van der Waals surface area contributed by atoms with Crippen molar-refractivity contribution in [2.45, 2.75) is 45.1 Å². The number of ether oxygens (including phenoxy) is 1. The van der Waals surface area contributed by atoms with Crippen LogP contribution in [0.3, 0.4) is 0 Å².